The van der Waals surface area contributed by atoms with Gasteiger partial charge in [0, 0.05) is 6.54 Å². The Morgan fingerprint density at radius 3 is 2.50 bits per heavy atom. The maximum atomic E-state index is 12.8. The SMILES string of the molecule is CCOc1cc(/C=C2/SC(=O)N(CCCc3ccccc3)C2=O)cc(Cl)c1OCC. The number of ether oxygens (including phenoxy) is 2. The first kappa shape index (κ1) is 22.2. The Balaban J connectivity index is 1.73. The number of aryl methyl sites for hydroxylation is 1. The number of imide groups is 1. The number of nitrogens with zero attached hydrogens (tertiary/aromatic N) is 1. The van der Waals surface area contributed by atoms with Gasteiger partial charge >= 0.3 is 0 Å². The number of benzene rings is 2. The van der Waals surface area contributed by atoms with Crippen LogP contribution in [0.5, 0.6) is 11.5 Å². The van der Waals surface area contributed by atoms with Crippen LogP contribution in [0.25, 0.3) is 6.08 Å². The summed E-state index contributed by atoms with van der Waals surface area (Å²) in [5.74, 6) is 0.716. The third-order valence-electron chi connectivity index (χ3n) is 4.48. The van der Waals surface area contributed by atoms with E-state index in [4.69, 9.17) is 21.1 Å². The molecule has 0 radical (unpaired) electrons. The normalized spacial score (nSPS) is 15.2. The molecule has 5 nitrogen and oxygen atoms in total. The average Bonchev–Trinajstić information content (AvgIpc) is 2.99. The summed E-state index contributed by atoms with van der Waals surface area (Å²) in [7, 11) is 0. The summed E-state index contributed by atoms with van der Waals surface area (Å²) in [6.07, 6.45) is 3.21. The lowest BCUT2D eigenvalue weighted by Crippen LogP contribution is -2.29. The first-order valence-electron chi connectivity index (χ1n) is 9.92. The molecule has 158 valence electrons. The van der Waals surface area contributed by atoms with Gasteiger partial charge in [0.2, 0.25) is 0 Å². The van der Waals surface area contributed by atoms with Gasteiger partial charge in [-0.3, -0.25) is 14.5 Å². The molecule has 2 amide bonds. The third-order valence-corrected chi connectivity index (χ3v) is 5.67. The van der Waals surface area contributed by atoms with Crippen molar-refractivity contribution in [3.8, 4) is 11.5 Å². The van der Waals surface area contributed by atoms with Gasteiger partial charge in [0.05, 0.1) is 23.1 Å². The van der Waals surface area contributed by atoms with E-state index in [0.29, 0.717) is 46.7 Å². The molecule has 0 aromatic heterocycles. The van der Waals surface area contributed by atoms with Gasteiger partial charge in [0.25, 0.3) is 11.1 Å². The van der Waals surface area contributed by atoms with Crippen LogP contribution in [0.2, 0.25) is 5.02 Å². The third kappa shape index (κ3) is 5.37. The van der Waals surface area contributed by atoms with E-state index in [1.165, 1.54) is 10.5 Å². The van der Waals surface area contributed by atoms with Gasteiger partial charge in [-0.25, -0.2) is 0 Å². The Bertz CT molecular complexity index is 946. The van der Waals surface area contributed by atoms with Crippen LogP contribution < -0.4 is 9.47 Å². The van der Waals surface area contributed by atoms with Gasteiger partial charge in [0.1, 0.15) is 0 Å². The van der Waals surface area contributed by atoms with E-state index in [-0.39, 0.29) is 11.1 Å². The number of carbonyl (C=O) groups excluding carboxylic acids is 2. The number of rotatable bonds is 9. The van der Waals surface area contributed by atoms with E-state index < -0.39 is 0 Å². The Labute approximate surface area is 186 Å². The number of halogens is 1. The molecule has 0 atom stereocenters. The molecule has 0 bridgehead atoms. The molecule has 1 saturated heterocycles. The summed E-state index contributed by atoms with van der Waals surface area (Å²) in [5, 5.41) is 0.150. The number of carbonyl (C=O) groups is 2. The van der Waals surface area contributed by atoms with E-state index in [9.17, 15) is 9.59 Å². The largest absolute Gasteiger partial charge is 0.490 e. The van der Waals surface area contributed by atoms with E-state index >= 15 is 0 Å². The van der Waals surface area contributed by atoms with Crippen LogP contribution in [0.15, 0.2) is 47.4 Å². The molecule has 3 rings (SSSR count). The van der Waals surface area contributed by atoms with Crippen LogP contribution in [0.1, 0.15) is 31.4 Å². The Morgan fingerprint density at radius 2 is 1.80 bits per heavy atom. The van der Waals surface area contributed by atoms with Gasteiger partial charge < -0.3 is 9.47 Å². The maximum Gasteiger partial charge on any atom is 0.293 e. The second kappa shape index (κ2) is 10.5. The lowest BCUT2D eigenvalue weighted by Gasteiger charge is -2.13. The van der Waals surface area contributed by atoms with Crippen molar-refractivity contribution in [1.82, 2.24) is 4.90 Å². The fraction of sp³-hybridized carbons (Fsp3) is 0.304. The van der Waals surface area contributed by atoms with E-state index in [1.54, 1.807) is 18.2 Å². The molecule has 0 spiro atoms. The second-order valence-corrected chi connectivity index (χ2v) is 8.02. The molecule has 2 aromatic carbocycles. The lowest BCUT2D eigenvalue weighted by atomic mass is 10.1. The van der Waals surface area contributed by atoms with Crippen molar-refractivity contribution < 1.29 is 19.1 Å². The highest BCUT2D eigenvalue weighted by molar-refractivity contribution is 8.18. The molecule has 1 fully saturated rings. The lowest BCUT2D eigenvalue weighted by molar-refractivity contribution is -0.122. The molecule has 0 saturated carbocycles. The van der Waals surface area contributed by atoms with E-state index in [1.807, 2.05) is 44.2 Å². The van der Waals surface area contributed by atoms with Crippen molar-refractivity contribution in [2.45, 2.75) is 26.7 Å². The second-order valence-electron chi connectivity index (χ2n) is 6.62. The summed E-state index contributed by atoms with van der Waals surface area (Å²) < 4.78 is 11.2. The van der Waals surface area contributed by atoms with Crippen molar-refractivity contribution in [1.29, 1.82) is 0 Å². The van der Waals surface area contributed by atoms with Crippen molar-refractivity contribution in [2.75, 3.05) is 19.8 Å². The van der Waals surface area contributed by atoms with Crippen molar-refractivity contribution >= 4 is 40.6 Å². The average molecular weight is 446 g/mol. The number of thioether (sulfide) groups is 1. The summed E-state index contributed by atoms with van der Waals surface area (Å²) in [5.41, 5.74) is 1.87. The highest BCUT2D eigenvalue weighted by atomic mass is 35.5. The zero-order valence-corrected chi connectivity index (χ0v) is 18.6. The molecule has 1 aliphatic rings. The first-order valence-corrected chi connectivity index (χ1v) is 11.1. The number of hydrogen-bond acceptors (Lipinski definition) is 5. The predicted octanol–water partition coefficient (Wildman–Crippen LogP) is 5.81. The molecule has 1 heterocycles. The van der Waals surface area contributed by atoms with Crippen molar-refractivity contribution in [2.24, 2.45) is 0 Å². The highest BCUT2D eigenvalue weighted by Gasteiger charge is 2.34. The number of amides is 2. The molecule has 7 heteroatoms. The summed E-state index contributed by atoms with van der Waals surface area (Å²) in [6.45, 7) is 5.05. The number of hydrogen-bond donors (Lipinski definition) is 0. The minimum absolute atomic E-state index is 0.249. The minimum atomic E-state index is -0.277. The molecular weight excluding hydrogens is 422 g/mol. The fourth-order valence-corrected chi connectivity index (χ4v) is 4.29. The quantitative estimate of drug-likeness (QED) is 0.456. The molecular formula is C23H24ClNO4S. The van der Waals surface area contributed by atoms with Crippen molar-refractivity contribution in [3.63, 3.8) is 0 Å². The fourth-order valence-electron chi connectivity index (χ4n) is 3.15. The maximum absolute atomic E-state index is 12.8. The van der Waals surface area contributed by atoms with Crippen LogP contribution in [-0.2, 0) is 11.2 Å². The van der Waals surface area contributed by atoms with Crippen LogP contribution in [0, 0.1) is 0 Å². The Morgan fingerprint density at radius 1 is 1.07 bits per heavy atom. The van der Waals surface area contributed by atoms with Gasteiger partial charge in [-0.05, 0) is 67.8 Å². The van der Waals surface area contributed by atoms with Crippen molar-refractivity contribution in [3.05, 3.63) is 63.5 Å². The summed E-state index contributed by atoms with van der Waals surface area (Å²) >= 11 is 7.30. The van der Waals surface area contributed by atoms with Crippen LogP contribution in [-0.4, -0.2) is 35.8 Å². The predicted molar refractivity (Wildman–Crippen MR) is 121 cm³/mol. The topological polar surface area (TPSA) is 55.8 Å². The molecule has 1 aliphatic heterocycles. The monoisotopic (exact) mass is 445 g/mol. The Kier molecular flexibility index (Phi) is 7.82. The standard InChI is InChI=1S/C23H24ClNO4S/c1-3-28-19-14-17(13-18(24)21(19)29-4-2)15-20-22(26)25(23(27)30-20)12-8-11-16-9-6-5-7-10-16/h5-7,9-10,13-15H,3-4,8,11-12H2,1-2H3/b20-15+. The van der Waals surface area contributed by atoms with Gasteiger partial charge in [-0.15, -0.1) is 0 Å². The van der Waals surface area contributed by atoms with Crippen LogP contribution in [0.4, 0.5) is 4.79 Å². The first-order chi connectivity index (χ1) is 14.5. The molecule has 0 unspecified atom stereocenters. The Hall–Kier alpha value is -2.44. The molecule has 30 heavy (non-hydrogen) atoms. The summed E-state index contributed by atoms with van der Waals surface area (Å²) in [4.78, 5) is 26.8. The van der Waals surface area contributed by atoms with Gasteiger partial charge in [-0.2, -0.15) is 0 Å². The van der Waals surface area contributed by atoms with Crippen LogP contribution >= 0.6 is 23.4 Å². The smallest absolute Gasteiger partial charge is 0.293 e. The summed E-state index contributed by atoms with van der Waals surface area (Å²) in [6, 6.07) is 13.5. The van der Waals surface area contributed by atoms with Crippen LogP contribution in [0.3, 0.4) is 0 Å². The molecule has 0 aliphatic carbocycles. The zero-order valence-electron chi connectivity index (χ0n) is 17.0. The molecule has 2 aromatic rings. The van der Waals surface area contributed by atoms with E-state index in [0.717, 1.165) is 24.6 Å². The highest BCUT2D eigenvalue weighted by Crippen LogP contribution is 2.39. The van der Waals surface area contributed by atoms with E-state index in [2.05, 4.69) is 0 Å². The van der Waals surface area contributed by atoms with Gasteiger partial charge in [-0.1, -0.05) is 41.9 Å². The minimum Gasteiger partial charge on any atom is -0.490 e. The zero-order chi connectivity index (χ0) is 21.5. The molecule has 0 N–H and O–H groups in total. The van der Waals surface area contributed by atoms with Gasteiger partial charge in [0.15, 0.2) is 11.5 Å².